The van der Waals surface area contributed by atoms with Gasteiger partial charge in [-0.05, 0) is 53.5 Å². The lowest BCUT2D eigenvalue weighted by atomic mass is 9.92. The number of benzene rings is 2. The van der Waals surface area contributed by atoms with E-state index in [-0.39, 0.29) is 24.6 Å². The number of aromatic nitrogens is 3. The third-order valence-electron chi connectivity index (χ3n) is 7.50. The largest absolute Gasteiger partial charge is 0.390 e. The lowest BCUT2D eigenvalue weighted by Crippen LogP contribution is -2.55. The van der Waals surface area contributed by atoms with Gasteiger partial charge in [0, 0.05) is 31.8 Å². The van der Waals surface area contributed by atoms with Crippen LogP contribution >= 0.6 is 0 Å². The highest BCUT2D eigenvalue weighted by atomic mass is 16.7. The first kappa shape index (κ1) is 31.1. The highest BCUT2D eigenvalue weighted by molar-refractivity contribution is 6.02. The first-order chi connectivity index (χ1) is 20.3. The molecule has 0 unspecified atom stereocenters. The Balaban J connectivity index is 1.38. The van der Waals surface area contributed by atoms with Crippen LogP contribution in [0.15, 0.2) is 48.2 Å². The van der Waals surface area contributed by atoms with Gasteiger partial charge in [0.25, 0.3) is 5.91 Å². The van der Waals surface area contributed by atoms with Crippen molar-refractivity contribution in [3.8, 4) is 6.07 Å². The summed E-state index contributed by atoms with van der Waals surface area (Å²) in [6.07, 6.45) is 1.81. The van der Waals surface area contributed by atoms with Crippen molar-refractivity contribution in [3.05, 3.63) is 59.4 Å². The molecule has 4 rings (SSSR count). The number of nitrogens with one attached hydrogen (secondary N) is 1. The van der Waals surface area contributed by atoms with Crippen molar-refractivity contribution in [3.63, 3.8) is 0 Å². The third kappa shape index (κ3) is 7.33. The van der Waals surface area contributed by atoms with Gasteiger partial charge in [-0.15, -0.1) is 5.10 Å². The number of methoxy groups -OCH3 is 1. The predicted octanol–water partition coefficient (Wildman–Crippen LogP) is 3.01. The van der Waals surface area contributed by atoms with E-state index in [9.17, 15) is 20.3 Å². The number of aliphatic hydroxyl groups is 2. The predicted molar refractivity (Wildman–Crippen MR) is 159 cm³/mol. The molecule has 1 saturated heterocycles. The molecule has 0 bridgehead atoms. The van der Waals surface area contributed by atoms with Gasteiger partial charge in [0.2, 0.25) is 0 Å². The highest BCUT2D eigenvalue weighted by Crippen LogP contribution is 2.27. The Bertz CT molecular complexity index is 1420. The Labute approximate surface area is 246 Å². The number of carbonyl (C=O) groups excluding carboxylic acids is 1. The zero-order chi connectivity index (χ0) is 30.2. The SMILES string of the molecule is CCCN(CCC)c1ccc2cc(/C=C(\C#N)C(=O)NCc3cn(C[C@H]4O[C@H](OC)[C@H](C)[C@@H](O)[C@@H]4O)nn3)ccc2c1. The molecule has 1 aliphatic heterocycles. The minimum atomic E-state index is -1.11. The van der Waals surface area contributed by atoms with Crippen LogP contribution in [0.25, 0.3) is 16.8 Å². The van der Waals surface area contributed by atoms with Gasteiger partial charge in [-0.25, -0.2) is 4.68 Å². The molecular weight excluding hydrogens is 536 g/mol. The minimum absolute atomic E-state index is 0.0251. The summed E-state index contributed by atoms with van der Waals surface area (Å²) in [6.45, 7) is 8.30. The molecule has 224 valence electrons. The maximum absolute atomic E-state index is 12.8. The number of hydrogen-bond acceptors (Lipinski definition) is 9. The highest BCUT2D eigenvalue weighted by Gasteiger charge is 2.42. The molecule has 5 atom stereocenters. The van der Waals surface area contributed by atoms with Gasteiger partial charge in [-0.1, -0.05) is 44.2 Å². The summed E-state index contributed by atoms with van der Waals surface area (Å²) < 4.78 is 12.5. The number of hydrogen-bond donors (Lipinski definition) is 3. The van der Waals surface area contributed by atoms with E-state index >= 15 is 0 Å². The second kappa shape index (κ2) is 14.4. The van der Waals surface area contributed by atoms with Crippen molar-refractivity contribution in [2.75, 3.05) is 25.1 Å². The summed E-state index contributed by atoms with van der Waals surface area (Å²) in [7, 11) is 1.48. The molecule has 3 N–H and O–H groups in total. The van der Waals surface area contributed by atoms with E-state index in [1.165, 1.54) is 17.5 Å². The smallest absolute Gasteiger partial charge is 0.262 e. The zero-order valence-electron chi connectivity index (χ0n) is 24.6. The van der Waals surface area contributed by atoms with Crippen LogP contribution in [0.2, 0.25) is 0 Å². The van der Waals surface area contributed by atoms with Gasteiger partial charge in [0.1, 0.15) is 29.5 Å². The zero-order valence-corrected chi connectivity index (χ0v) is 24.6. The molecular formula is C31H40N6O5. The first-order valence-corrected chi connectivity index (χ1v) is 14.4. The third-order valence-corrected chi connectivity index (χ3v) is 7.50. The summed E-state index contributed by atoms with van der Waals surface area (Å²) in [5, 5.41) is 43.3. The number of ether oxygens (including phenoxy) is 2. The number of anilines is 1. The molecule has 2 aromatic carbocycles. The Morgan fingerprint density at radius 2 is 1.88 bits per heavy atom. The van der Waals surface area contributed by atoms with Crippen LogP contribution in [-0.4, -0.2) is 75.9 Å². The average Bonchev–Trinajstić information content (AvgIpc) is 3.45. The summed E-state index contributed by atoms with van der Waals surface area (Å²) in [4.78, 5) is 15.2. The van der Waals surface area contributed by atoms with Crippen molar-refractivity contribution in [1.29, 1.82) is 5.26 Å². The van der Waals surface area contributed by atoms with Crippen molar-refractivity contribution >= 4 is 28.4 Å². The van der Waals surface area contributed by atoms with E-state index in [0.29, 0.717) is 5.69 Å². The Morgan fingerprint density at radius 1 is 1.17 bits per heavy atom. The van der Waals surface area contributed by atoms with Crippen molar-refractivity contribution in [1.82, 2.24) is 20.3 Å². The minimum Gasteiger partial charge on any atom is -0.390 e. The fourth-order valence-electron chi connectivity index (χ4n) is 5.21. The molecule has 3 aromatic rings. The number of nitriles is 1. The normalized spacial score (nSPS) is 22.6. The lowest BCUT2D eigenvalue weighted by molar-refractivity contribution is -0.272. The number of rotatable bonds is 12. The second-order valence-corrected chi connectivity index (χ2v) is 10.7. The van der Waals surface area contributed by atoms with Crippen LogP contribution in [0.3, 0.4) is 0 Å². The van der Waals surface area contributed by atoms with Crippen LogP contribution < -0.4 is 10.2 Å². The van der Waals surface area contributed by atoms with Crippen LogP contribution in [0.5, 0.6) is 0 Å². The molecule has 1 fully saturated rings. The number of nitrogens with zero attached hydrogens (tertiary/aromatic N) is 5. The average molecular weight is 577 g/mol. The fraction of sp³-hybridized carbons (Fsp3) is 0.484. The van der Waals surface area contributed by atoms with E-state index in [0.717, 1.165) is 42.3 Å². The summed E-state index contributed by atoms with van der Waals surface area (Å²) >= 11 is 0. The number of amides is 1. The maximum atomic E-state index is 12.8. The Kier molecular flexibility index (Phi) is 10.7. The van der Waals surface area contributed by atoms with E-state index in [2.05, 4.69) is 52.6 Å². The maximum Gasteiger partial charge on any atom is 0.262 e. The quantitative estimate of drug-likeness (QED) is 0.219. The van der Waals surface area contributed by atoms with Gasteiger partial charge in [-0.3, -0.25) is 4.79 Å². The van der Waals surface area contributed by atoms with E-state index in [1.54, 1.807) is 19.2 Å². The van der Waals surface area contributed by atoms with E-state index in [4.69, 9.17) is 9.47 Å². The van der Waals surface area contributed by atoms with Crippen molar-refractivity contribution < 1.29 is 24.5 Å². The van der Waals surface area contributed by atoms with Crippen LogP contribution in [-0.2, 0) is 27.4 Å². The van der Waals surface area contributed by atoms with Gasteiger partial charge < -0.3 is 29.9 Å². The number of aliphatic hydroxyl groups excluding tert-OH is 2. The molecule has 0 saturated carbocycles. The molecule has 42 heavy (non-hydrogen) atoms. The topological polar surface area (TPSA) is 146 Å². The van der Waals surface area contributed by atoms with E-state index in [1.807, 2.05) is 24.3 Å². The number of fused-ring (bicyclic) bond motifs is 1. The standard InChI is InChI=1S/C31H40N6O5/c1-5-11-36(12-6-2)26-10-9-22-13-21(7-8-23(22)15-26)14-24(16-32)30(40)33-17-25-18-37(35-34-25)19-27-29(39)28(38)20(3)31(41-4)42-27/h7-10,13-15,18,20,27-29,31,38-39H,5-6,11-12,17,19H2,1-4H3,(H,33,40)/b24-14+/t20-,27-,28-,29-,31+/m1/s1. The number of carbonyl (C=O) groups is 1. The van der Waals surface area contributed by atoms with Gasteiger partial charge in [0.15, 0.2) is 6.29 Å². The molecule has 0 spiro atoms. The van der Waals surface area contributed by atoms with E-state index < -0.39 is 30.5 Å². The van der Waals surface area contributed by atoms with Crippen LogP contribution in [0, 0.1) is 17.2 Å². The van der Waals surface area contributed by atoms with Crippen molar-refractivity contribution in [2.45, 2.75) is 71.3 Å². The Hall–Kier alpha value is -3.82. The molecule has 11 nitrogen and oxygen atoms in total. The lowest BCUT2D eigenvalue weighted by Gasteiger charge is -2.40. The van der Waals surface area contributed by atoms with Crippen LogP contribution in [0.4, 0.5) is 5.69 Å². The molecule has 1 aliphatic rings. The van der Waals surface area contributed by atoms with Crippen LogP contribution in [0.1, 0.15) is 44.9 Å². The summed E-state index contributed by atoms with van der Waals surface area (Å²) in [5.41, 5.74) is 2.38. The summed E-state index contributed by atoms with van der Waals surface area (Å²) in [5.74, 6) is -0.914. The van der Waals surface area contributed by atoms with Gasteiger partial charge >= 0.3 is 0 Å². The summed E-state index contributed by atoms with van der Waals surface area (Å²) in [6, 6.07) is 14.2. The van der Waals surface area contributed by atoms with Gasteiger partial charge in [0.05, 0.1) is 25.4 Å². The second-order valence-electron chi connectivity index (χ2n) is 10.7. The first-order valence-electron chi connectivity index (χ1n) is 14.4. The fourth-order valence-corrected chi connectivity index (χ4v) is 5.21. The molecule has 1 amide bonds. The molecule has 11 heteroatoms. The monoisotopic (exact) mass is 576 g/mol. The molecule has 0 radical (unpaired) electrons. The van der Waals surface area contributed by atoms with Crippen molar-refractivity contribution in [2.24, 2.45) is 5.92 Å². The van der Waals surface area contributed by atoms with Gasteiger partial charge in [-0.2, -0.15) is 5.26 Å². The molecule has 2 heterocycles. The molecule has 0 aliphatic carbocycles. The Morgan fingerprint density at radius 3 is 2.57 bits per heavy atom. The molecule has 1 aromatic heterocycles.